The van der Waals surface area contributed by atoms with Crippen LogP contribution in [0.5, 0.6) is 23.0 Å². The standard InChI is InChI=1S/C26H31NO7/c1-18(28)20-7-5-8-22(13-20)34-17-21(29)15-27(16-23-9-6-10-33-23)14-19-11-24(30-2)26(32-4)25(12-19)31-3/h5-13,21,29H,14-17H2,1-4H3. The molecular weight excluding hydrogens is 438 g/mol. The zero-order valence-electron chi connectivity index (χ0n) is 19.9. The third kappa shape index (κ3) is 6.76. The summed E-state index contributed by atoms with van der Waals surface area (Å²) in [4.78, 5) is 13.6. The lowest BCUT2D eigenvalue weighted by atomic mass is 10.1. The van der Waals surface area contributed by atoms with Crippen molar-refractivity contribution in [1.82, 2.24) is 4.90 Å². The van der Waals surface area contributed by atoms with Crippen LogP contribution in [0.25, 0.3) is 0 Å². The molecule has 1 atom stereocenters. The van der Waals surface area contributed by atoms with Crippen molar-refractivity contribution in [2.24, 2.45) is 0 Å². The number of ketones is 1. The molecule has 0 radical (unpaired) electrons. The number of carbonyl (C=O) groups excluding carboxylic acids is 1. The predicted molar refractivity (Wildman–Crippen MR) is 127 cm³/mol. The zero-order valence-corrected chi connectivity index (χ0v) is 19.9. The van der Waals surface area contributed by atoms with Gasteiger partial charge in [0.2, 0.25) is 5.75 Å². The number of benzene rings is 2. The van der Waals surface area contributed by atoms with Gasteiger partial charge in [0.25, 0.3) is 0 Å². The second kappa shape index (κ2) is 12.1. The molecule has 0 fully saturated rings. The van der Waals surface area contributed by atoms with Crippen LogP contribution in [0.2, 0.25) is 0 Å². The van der Waals surface area contributed by atoms with Gasteiger partial charge in [-0.15, -0.1) is 0 Å². The summed E-state index contributed by atoms with van der Waals surface area (Å²) in [6, 6.07) is 14.4. The maximum absolute atomic E-state index is 11.6. The molecular formula is C26H31NO7. The van der Waals surface area contributed by atoms with E-state index in [1.165, 1.54) is 6.92 Å². The van der Waals surface area contributed by atoms with Gasteiger partial charge in [0.1, 0.15) is 24.2 Å². The minimum Gasteiger partial charge on any atom is -0.493 e. The molecule has 34 heavy (non-hydrogen) atoms. The van der Waals surface area contributed by atoms with Gasteiger partial charge >= 0.3 is 0 Å². The first kappa shape index (κ1) is 25.1. The van der Waals surface area contributed by atoms with Crippen molar-refractivity contribution in [2.75, 3.05) is 34.5 Å². The fourth-order valence-corrected chi connectivity index (χ4v) is 3.64. The summed E-state index contributed by atoms with van der Waals surface area (Å²) in [6.45, 7) is 2.88. The molecule has 3 aromatic rings. The van der Waals surface area contributed by atoms with E-state index in [0.717, 1.165) is 11.3 Å². The van der Waals surface area contributed by atoms with Crippen molar-refractivity contribution < 1.29 is 33.3 Å². The van der Waals surface area contributed by atoms with Gasteiger partial charge in [-0.05, 0) is 48.9 Å². The topological polar surface area (TPSA) is 90.6 Å². The number of nitrogens with zero attached hydrogens (tertiary/aromatic N) is 1. The van der Waals surface area contributed by atoms with Crippen molar-refractivity contribution >= 4 is 5.78 Å². The van der Waals surface area contributed by atoms with Crippen LogP contribution in [0.4, 0.5) is 0 Å². The lowest BCUT2D eigenvalue weighted by molar-refractivity contribution is 0.0604. The minimum atomic E-state index is -0.780. The summed E-state index contributed by atoms with van der Waals surface area (Å²) >= 11 is 0. The van der Waals surface area contributed by atoms with Crippen LogP contribution in [0, 0.1) is 0 Å². The van der Waals surface area contributed by atoms with Gasteiger partial charge in [0, 0.05) is 18.7 Å². The van der Waals surface area contributed by atoms with E-state index in [-0.39, 0.29) is 12.4 Å². The molecule has 0 aliphatic rings. The molecule has 8 nitrogen and oxygen atoms in total. The van der Waals surface area contributed by atoms with Crippen LogP contribution < -0.4 is 18.9 Å². The Morgan fingerprint density at radius 3 is 2.32 bits per heavy atom. The quantitative estimate of drug-likeness (QED) is 0.377. The lowest BCUT2D eigenvalue weighted by Gasteiger charge is -2.25. The first-order valence-electron chi connectivity index (χ1n) is 10.9. The van der Waals surface area contributed by atoms with Crippen LogP contribution in [-0.4, -0.2) is 56.4 Å². The zero-order chi connectivity index (χ0) is 24.5. The number of aliphatic hydroxyl groups is 1. The van der Waals surface area contributed by atoms with Crippen molar-refractivity contribution in [3.8, 4) is 23.0 Å². The third-order valence-electron chi connectivity index (χ3n) is 5.24. The van der Waals surface area contributed by atoms with Crippen LogP contribution in [-0.2, 0) is 13.1 Å². The van der Waals surface area contributed by atoms with Gasteiger partial charge in [0.05, 0.1) is 34.1 Å². The van der Waals surface area contributed by atoms with Gasteiger partial charge in [-0.25, -0.2) is 0 Å². The molecule has 0 saturated heterocycles. The van der Waals surface area contributed by atoms with Gasteiger partial charge in [-0.3, -0.25) is 9.69 Å². The maximum atomic E-state index is 11.6. The number of Topliss-reactive ketones (excluding diaryl/α,β-unsaturated/α-hetero) is 1. The molecule has 0 aliphatic heterocycles. The number of carbonyl (C=O) groups is 1. The second-order valence-electron chi connectivity index (χ2n) is 7.83. The summed E-state index contributed by atoms with van der Waals surface area (Å²) in [5, 5.41) is 10.7. The highest BCUT2D eigenvalue weighted by molar-refractivity contribution is 5.94. The monoisotopic (exact) mass is 469 g/mol. The van der Waals surface area contributed by atoms with Crippen molar-refractivity contribution in [3.05, 3.63) is 71.7 Å². The Kier molecular flexibility index (Phi) is 8.95. The molecule has 3 rings (SSSR count). The highest BCUT2D eigenvalue weighted by Gasteiger charge is 2.19. The molecule has 1 unspecified atom stereocenters. The van der Waals surface area contributed by atoms with Gasteiger partial charge in [-0.1, -0.05) is 12.1 Å². The van der Waals surface area contributed by atoms with Crippen LogP contribution in [0.3, 0.4) is 0 Å². The van der Waals surface area contributed by atoms with E-state index < -0.39 is 6.10 Å². The molecule has 0 bridgehead atoms. The number of ether oxygens (including phenoxy) is 4. The lowest BCUT2D eigenvalue weighted by Crippen LogP contribution is -2.35. The Bertz CT molecular complexity index is 1040. The van der Waals surface area contributed by atoms with E-state index in [9.17, 15) is 9.90 Å². The van der Waals surface area contributed by atoms with Crippen molar-refractivity contribution in [2.45, 2.75) is 26.1 Å². The molecule has 0 saturated carbocycles. The van der Waals surface area contributed by atoms with E-state index in [2.05, 4.69) is 0 Å². The van der Waals surface area contributed by atoms with E-state index in [1.54, 1.807) is 51.9 Å². The number of furan rings is 1. The highest BCUT2D eigenvalue weighted by atomic mass is 16.5. The van der Waals surface area contributed by atoms with E-state index in [4.69, 9.17) is 23.4 Å². The second-order valence-corrected chi connectivity index (χ2v) is 7.83. The summed E-state index contributed by atoms with van der Waals surface area (Å²) in [5.74, 6) is 2.91. The number of methoxy groups -OCH3 is 3. The predicted octanol–water partition coefficient (Wildman–Crippen LogP) is 3.95. The highest BCUT2D eigenvalue weighted by Crippen LogP contribution is 2.38. The van der Waals surface area contributed by atoms with Crippen molar-refractivity contribution in [1.29, 1.82) is 0 Å². The number of hydrogen-bond acceptors (Lipinski definition) is 8. The summed E-state index contributed by atoms with van der Waals surface area (Å²) < 4.78 is 27.6. The van der Waals surface area contributed by atoms with Crippen LogP contribution >= 0.6 is 0 Å². The smallest absolute Gasteiger partial charge is 0.203 e. The van der Waals surface area contributed by atoms with Crippen LogP contribution in [0.15, 0.2) is 59.2 Å². The summed E-state index contributed by atoms with van der Waals surface area (Å²) in [6.07, 6.45) is 0.840. The molecule has 1 heterocycles. The average molecular weight is 470 g/mol. The molecule has 0 amide bonds. The van der Waals surface area contributed by atoms with Gasteiger partial charge < -0.3 is 28.5 Å². The Labute approximate surface area is 199 Å². The van der Waals surface area contributed by atoms with E-state index in [0.29, 0.717) is 48.2 Å². The molecule has 1 N–H and O–H groups in total. The Hall–Kier alpha value is -3.49. The molecule has 2 aromatic carbocycles. The number of rotatable bonds is 13. The van der Waals surface area contributed by atoms with E-state index >= 15 is 0 Å². The number of hydrogen-bond donors (Lipinski definition) is 1. The van der Waals surface area contributed by atoms with Crippen molar-refractivity contribution in [3.63, 3.8) is 0 Å². The fourth-order valence-electron chi connectivity index (χ4n) is 3.64. The largest absolute Gasteiger partial charge is 0.493 e. The Morgan fingerprint density at radius 2 is 1.74 bits per heavy atom. The fraction of sp³-hybridized carbons (Fsp3) is 0.346. The minimum absolute atomic E-state index is 0.0408. The third-order valence-corrected chi connectivity index (χ3v) is 5.24. The summed E-state index contributed by atoms with van der Waals surface area (Å²) in [5.41, 5.74) is 1.48. The molecule has 1 aromatic heterocycles. The number of aliphatic hydroxyl groups excluding tert-OH is 1. The molecule has 0 spiro atoms. The Balaban J connectivity index is 1.72. The van der Waals surface area contributed by atoms with Gasteiger partial charge in [-0.2, -0.15) is 0 Å². The van der Waals surface area contributed by atoms with Gasteiger partial charge in [0.15, 0.2) is 17.3 Å². The molecule has 0 aliphatic carbocycles. The Morgan fingerprint density at radius 1 is 1.00 bits per heavy atom. The molecule has 182 valence electrons. The molecule has 8 heteroatoms. The van der Waals surface area contributed by atoms with Crippen LogP contribution in [0.1, 0.15) is 28.6 Å². The van der Waals surface area contributed by atoms with E-state index in [1.807, 2.05) is 29.2 Å². The normalized spacial score (nSPS) is 11.8. The first-order valence-corrected chi connectivity index (χ1v) is 10.9. The first-order chi connectivity index (χ1) is 16.4. The average Bonchev–Trinajstić information content (AvgIpc) is 3.35. The maximum Gasteiger partial charge on any atom is 0.203 e. The summed E-state index contributed by atoms with van der Waals surface area (Å²) in [7, 11) is 4.71. The SMILES string of the molecule is COc1cc(CN(Cc2ccco2)CC(O)COc2cccc(C(C)=O)c2)cc(OC)c1OC.